The van der Waals surface area contributed by atoms with Crippen LogP contribution in [0.1, 0.15) is 47.5 Å². The number of amides is 1. The van der Waals surface area contributed by atoms with Crippen molar-refractivity contribution in [3.63, 3.8) is 0 Å². The number of nitrogen functional groups attached to an aromatic ring is 1. The van der Waals surface area contributed by atoms with Crippen molar-refractivity contribution in [1.29, 1.82) is 0 Å². The van der Waals surface area contributed by atoms with Crippen molar-refractivity contribution in [3.05, 3.63) is 47.3 Å². The molecule has 6 nitrogen and oxygen atoms in total. The Labute approximate surface area is 134 Å². The first-order valence-corrected chi connectivity index (χ1v) is 7.82. The van der Waals surface area contributed by atoms with E-state index < -0.39 is 0 Å². The Morgan fingerprint density at radius 3 is 2.91 bits per heavy atom. The lowest BCUT2D eigenvalue weighted by Crippen LogP contribution is -2.45. The van der Waals surface area contributed by atoms with Gasteiger partial charge in [0.15, 0.2) is 0 Å². The maximum atomic E-state index is 12.8. The fraction of sp³-hybridized carbons (Fsp3) is 0.412. The molecule has 0 aliphatic carbocycles. The molecule has 3 rings (SSSR count). The summed E-state index contributed by atoms with van der Waals surface area (Å²) < 4.78 is 5.32. The minimum absolute atomic E-state index is 0.0535. The van der Waals surface area contributed by atoms with Crippen molar-refractivity contribution in [1.82, 2.24) is 10.1 Å². The fourth-order valence-electron chi connectivity index (χ4n) is 3.06. The van der Waals surface area contributed by atoms with Crippen LogP contribution in [0.5, 0.6) is 0 Å². The molecule has 0 saturated carbocycles. The highest BCUT2D eigenvalue weighted by Gasteiger charge is 2.32. The van der Waals surface area contributed by atoms with Gasteiger partial charge in [0, 0.05) is 30.3 Å². The Morgan fingerprint density at radius 1 is 1.43 bits per heavy atom. The summed E-state index contributed by atoms with van der Waals surface area (Å²) in [6.07, 6.45) is 1.81. The normalized spacial score (nSPS) is 21.4. The van der Waals surface area contributed by atoms with Gasteiger partial charge in [0.2, 0.25) is 0 Å². The Hall–Kier alpha value is -2.34. The number of aliphatic hydroxyl groups is 1. The third-order valence-corrected chi connectivity index (χ3v) is 4.48. The lowest BCUT2D eigenvalue weighted by Gasteiger charge is -2.37. The third kappa shape index (κ3) is 3.07. The Bertz CT molecular complexity index is 698. The topological polar surface area (TPSA) is 92.6 Å². The van der Waals surface area contributed by atoms with Crippen molar-refractivity contribution in [2.45, 2.75) is 38.3 Å². The molecule has 1 aromatic carbocycles. The number of carbonyl (C=O) groups excluding carboxylic acids is 1. The van der Waals surface area contributed by atoms with Crippen LogP contribution in [0.15, 0.2) is 34.9 Å². The molecule has 0 spiro atoms. The van der Waals surface area contributed by atoms with Crippen molar-refractivity contribution in [2.24, 2.45) is 0 Å². The SMILES string of the molecule is C[C@@H]1CCC(c2cc(CO)no2)CN1C(=O)c1ccccc1N. The Balaban J connectivity index is 1.81. The summed E-state index contributed by atoms with van der Waals surface area (Å²) in [6.45, 7) is 2.47. The number of nitrogens with zero attached hydrogens (tertiary/aromatic N) is 2. The van der Waals surface area contributed by atoms with Crippen LogP contribution in [0, 0.1) is 0 Å². The summed E-state index contributed by atoms with van der Waals surface area (Å²) in [4.78, 5) is 14.7. The Kier molecular flexibility index (Phi) is 4.34. The molecule has 1 unspecified atom stereocenters. The number of anilines is 1. The highest BCUT2D eigenvalue weighted by Crippen LogP contribution is 2.32. The molecule has 1 amide bonds. The predicted octanol–water partition coefficient (Wildman–Crippen LogP) is 2.16. The molecular formula is C17H21N3O3. The maximum Gasteiger partial charge on any atom is 0.256 e. The molecule has 2 atom stereocenters. The molecule has 0 radical (unpaired) electrons. The summed E-state index contributed by atoms with van der Waals surface area (Å²) in [6, 6.07) is 9.05. The summed E-state index contributed by atoms with van der Waals surface area (Å²) >= 11 is 0. The van der Waals surface area contributed by atoms with Gasteiger partial charge < -0.3 is 20.3 Å². The van der Waals surface area contributed by atoms with E-state index in [1.807, 2.05) is 24.0 Å². The van der Waals surface area contributed by atoms with Gasteiger partial charge in [-0.05, 0) is 31.9 Å². The summed E-state index contributed by atoms with van der Waals surface area (Å²) in [5.41, 5.74) is 7.48. The molecule has 2 aromatic rings. The number of likely N-dealkylation sites (tertiary alicyclic amines) is 1. The molecule has 0 bridgehead atoms. The molecule has 2 heterocycles. The van der Waals surface area contributed by atoms with Gasteiger partial charge in [-0.25, -0.2) is 0 Å². The zero-order valence-electron chi connectivity index (χ0n) is 13.1. The van der Waals surface area contributed by atoms with Crippen LogP contribution in [0.2, 0.25) is 0 Å². The first-order chi connectivity index (χ1) is 11.1. The highest BCUT2D eigenvalue weighted by molar-refractivity contribution is 5.99. The van der Waals surface area contributed by atoms with Crippen LogP contribution >= 0.6 is 0 Å². The van der Waals surface area contributed by atoms with E-state index in [1.54, 1.807) is 18.2 Å². The van der Waals surface area contributed by atoms with Crippen molar-refractivity contribution in [3.8, 4) is 0 Å². The Morgan fingerprint density at radius 2 is 2.22 bits per heavy atom. The van der Waals surface area contributed by atoms with Gasteiger partial charge in [-0.1, -0.05) is 17.3 Å². The second-order valence-electron chi connectivity index (χ2n) is 6.05. The number of hydrogen-bond acceptors (Lipinski definition) is 5. The number of aliphatic hydroxyl groups excluding tert-OH is 1. The van der Waals surface area contributed by atoms with Crippen LogP contribution in [-0.4, -0.2) is 33.7 Å². The van der Waals surface area contributed by atoms with Gasteiger partial charge in [0.25, 0.3) is 5.91 Å². The molecule has 1 aliphatic rings. The predicted molar refractivity (Wildman–Crippen MR) is 85.8 cm³/mol. The number of piperidine rings is 1. The number of aromatic nitrogens is 1. The summed E-state index contributed by atoms with van der Waals surface area (Å²) in [5.74, 6) is 0.759. The van der Waals surface area contributed by atoms with Gasteiger partial charge in [0.05, 0.1) is 12.2 Å². The third-order valence-electron chi connectivity index (χ3n) is 4.48. The van der Waals surface area contributed by atoms with Gasteiger partial charge in [0.1, 0.15) is 11.5 Å². The van der Waals surface area contributed by atoms with E-state index in [4.69, 9.17) is 15.4 Å². The monoisotopic (exact) mass is 315 g/mol. The van der Waals surface area contributed by atoms with Gasteiger partial charge >= 0.3 is 0 Å². The van der Waals surface area contributed by atoms with Crippen LogP contribution in [0.4, 0.5) is 5.69 Å². The average Bonchev–Trinajstić information content (AvgIpc) is 3.04. The van der Waals surface area contributed by atoms with E-state index in [1.165, 1.54) is 0 Å². The number of rotatable bonds is 3. The maximum absolute atomic E-state index is 12.8. The van der Waals surface area contributed by atoms with Crippen LogP contribution in [0.3, 0.4) is 0 Å². The average molecular weight is 315 g/mol. The molecule has 1 aromatic heterocycles. The second-order valence-corrected chi connectivity index (χ2v) is 6.05. The van der Waals surface area contributed by atoms with Crippen LogP contribution in [0.25, 0.3) is 0 Å². The molecule has 3 N–H and O–H groups in total. The van der Waals surface area contributed by atoms with Crippen molar-refractivity contribution in [2.75, 3.05) is 12.3 Å². The number of hydrogen-bond donors (Lipinski definition) is 2. The standard InChI is InChI=1S/C17H21N3O3/c1-11-6-7-12(16-8-13(10-21)19-23-16)9-20(11)17(22)14-4-2-3-5-15(14)18/h2-5,8,11-12,21H,6-7,9-10,18H2,1H3/t11-,12?/m1/s1. The lowest BCUT2D eigenvalue weighted by atomic mass is 9.90. The quantitative estimate of drug-likeness (QED) is 0.847. The number of benzene rings is 1. The summed E-state index contributed by atoms with van der Waals surface area (Å²) in [7, 11) is 0. The number of para-hydroxylation sites is 1. The van der Waals surface area contributed by atoms with Crippen LogP contribution in [-0.2, 0) is 6.61 Å². The molecule has 122 valence electrons. The van der Waals surface area contributed by atoms with Gasteiger partial charge in [-0.3, -0.25) is 4.79 Å². The van der Waals surface area contributed by atoms with E-state index in [-0.39, 0.29) is 24.5 Å². The van der Waals surface area contributed by atoms with Gasteiger partial charge in [-0.2, -0.15) is 0 Å². The van der Waals surface area contributed by atoms with E-state index >= 15 is 0 Å². The van der Waals surface area contributed by atoms with E-state index in [9.17, 15) is 4.79 Å². The van der Waals surface area contributed by atoms with E-state index in [0.717, 1.165) is 18.6 Å². The van der Waals surface area contributed by atoms with Crippen LogP contribution < -0.4 is 5.73 Å². The summed E-state index contributed by atoms with van der Waals surface area (Å²) in [5, 5.41) is 12.9. The largest absolute Gasteiger partial charge is 0.398 e. The smallest absolute Gasteiger partial charge is 0.256 e. The van der Waals surface area contributed by atoms with Gasteiger partial charge in [-0.15, -0.1) is 0 Å². The molecule has 1 saturated heterocycles. The van der Waals surface area contributed by atoms with E-state index in [0.29, 0.717) is 23.5 Å². The second kappa shape index (κ2) is 6.42. The number of nitrogens with two attached hydrogens (primary N) is 1. The van der Waals surface area contributed by atoms with Crippen molar-refractivity contribution >= 4 is 11.6 Å². The minimum Gasteiger partial charge on any atom is -0.398 e. The molecule has 23 heavy (non-hydrogen) atoms. The molecule has 1 fully saturated rings. The first kappa shape index (κ1) is 15.6. The fourth-order valence-corrected chi connectivity index (χ4v) is 3.06. The van der Waals surface area contributed by atoms with E-state index in [2.05, 4.69) is 5.16 Å². The number of carbonyl (C=O) groups is 1. The lowest BCUT2D eigenvalue weighted by molar-refractivity contribution is 0.0597. The molecule has 6 heteroatoms. The molecular weight excluding hydrogens is 294 g/mol. The highest BCUT2D eigenvalue weighted by atomic mass is 16.5. The zero-order valence-corrected chi connectivity index (χ0v) is 13.1. The first-order valence-electron chi connectivity index (χ1n) is 7.82. The zero-order chi connectivity index (χ0) is 16.4. The van der Waals surface area contributed by atoms with Crippen molar-refractivity contribution < 1.29 is 14.4 Å². The minimum atomic E-state index is -0.143. The molecule has 1 aliphatic heterocycles.